The summed E-state index contributed by atoms with van der Waals surface area (Å²) in [5.41, 5.74) is 0.0494. The summed E-state index contributed by atoms with van der Waals surface area (Å²) < 4.78 is 1.65. The van der Waals surface area contributed by atoms with Gasteiger partial charge in [-0.15, -0.1) is 11.3 Å². The molecule has 3 N–H and O–H groups in total. The Morgan fingerprint density at radius 1 is 1.11 bits per heavy atom. The second-order valence-corrected chi connectivity index (χ2v) is 7.29. The lowest BCUT2D eigenvalue weighted by atomic mass is 10.2. The van der Waals surface area contributed by atoms with Crippen LogP contribution in [0.2, 0.25) is 0 Å². The van der Waals surface area contributed by atoms with Crippen molar-refractivity contribution in [2.45, 2.75) is 0 Å². The average Bonchev–Trinajstić information content (AvgIpc) is 3.16. The van der Waals surface area contributed by atoms with Gasteiger partial charge < -0.3 is 15.3 Å². The summed E-state index contributed by atoms with van der Waals surface area (Å²) >= 11 is 6.46. The third kappa shape index (κ3) is 3.03. The van der Waals surface area contributed by atoms with Gasteiger partial charge in [-0.1, -0.05) is 12.1 Å². The number of thiazole rings is 1. The van der Waals surface area contributed by atoms with Gasteiger partial charge in [0.05, 0.1) is 21.3 Å². The minimum atomic E-state index is -1.28. The van der Waals surface area contributed by atoms with Gasteiger partial charge in [0.15, 0.2) is 9.78 Å². The van der Waals surface area contributed by atoms with Crippen molar-refractivity contribution >= 4 is 35.6 Å². The highest BCUT2D eigenvalue weighted by atomic mass is 32.1. The van der Waals surface area contributed by atoms with Gasteiger partial charge in [-0.2, -0.15) is 0 Å². The van der Waals surface area contributed by atoms with Crippen molar-refractivity contribution in [3.63, 3.8) is 0 Å². The molecule has 27 heavy (non-hydrogen) atoms. The fraction of sp³-hybridized carbons (Fsp3) is 0. The van der Waals surface area contributed by atoms with Gasteiger partial charge >= 0.3 is 5.97 Å². The lowest BCUT2D eigenvalue weighted by Gasteiger charge is -2.07. The first-order valence-electron chi connectivity index (χ1n) is 7.70. The second-order valence-electron chi connectivity index (χ2n) is 5.61. The van der Waals surface area contributed by atoms with Crippen LogP contribution in [-0.2, 0) is 0 Å². The van der Waals surface area contributed by atoms with Crippen LogP contribution in [0.3, 0.4) is 0 Å². The van der Waals surface area contributed by atoms with E-state index >= 15 is 0 Å². The SMILES string of the molecule is O=C(O)c1cc(-n2c(O)c(C=C3N=c4ccccc4=N3)sc2=S)ccc1O. The molecule has 0 amide bonds. The zero-order chi connectivity index (χ0) is 19.1. The second kappa shape index (κ2) is 6.45. The van der Waals surface area contributed by atoms with E-state index in [-0.39, 0.29) is 17.2 Å². The molecule has 2 heterocycles. The summed E-state index contributed by atoms with van der Waals surface area (Å²) in [5.74, 6) is -1.36. The van der Waals surface area contributed by atoms with Crippen molar-refractivity contribution in [1.82, 2.24) is 4.57 Å². The summed E-state index contributed by atoms with van der Waals surface area (Å²) in [6.45, 7) is 0. The molecule has 0 fully saturated rings. The zero-order valence-corrected chi connectivity index (χ0v) is 15.2. The van der Waals surface area contributed by atoms with Gasteiger partial charge in [0.1, 0.15) is 11.3 Å². The lowest BCUT2D eigenvalue weighted by molar-refractivity contribution is 0.0693. The highest BCUT2D eigenvalue weighted by Crippen LogP contribution is 2.33. The number of carboxylic acids is 1. The Morgan fingerprint density at radius 2 is 1.78 bits per heavy atom. The van der Waals surface area contributed by atoms with Crippen LogP contribution in [0.1, 0.15) is 15.2 Å². The Labute approximate surface area is 161 Å². The number of carbonyl (C=O) groups is 1. The van der Waals surface area contributed by atoms with Crippen LogP contribution >= 0.6 is 23.6 Å². The number of benzene rings is 2. The monoisotopic (exact) mass is 397 g/mol. The number of hydrogen-bond acceptors (Lipinski definition) is 7. The zero-order valence-electron chi connectivity index (χ0n) is 13.5. The maximum Gasteiger partial charge on any atom is 0.339 e. The van der Waals surface area contributed by atoms with Crippen LogP contribution in [0, 0.1) is 3.95 Å². The molecule has 1 aliphatic heterocycles. The minimum Gasteiger partial charge on any atom is -0.507 e. The first-order valence-corrected chi connectivity index (χ1v) is 8.92. The molecule has 1 aromatic heterocycles. The Hall–Kier alpha value is -3.30. The molecule has 0 spiro atoms. The van der Waals surface area contributed by atoms with E-state index < -0.39 is 5.97 Å². The molecule has 0 saturated heterocycles. The number of carboxylic acid groups (broad SMARTS) is 1. The molecule has 1 aliphatic rings. The molecule has 7 nitrogen and oxygen atoms in total. The van der Waals surface area contributed by atoms with E-state index in [0.29, 0.717) is 20.3 Å². The maximum atomic E-state index is 11.2. The van der Waals surface area contributed by atoms with Crippen LogP contribution < -0.4 is 10.7 Å². The third-order valence-corrected chi connectivity index (χ3v) is 5.20. The number of aromatic carboxylic acids is 1. The quantitative estimate of drug-likeness (QED) is 0.589. The minimum absolute atomic E-state index is 0.152. The fourth-order valence-corrected chi connectivity index (χ4v) is 3.92. The Kier molecular flexibility index (Phi) is 4.09. The van der Waals surface area contributed by atoms with Crippen LogP contribution in [0.25, 0.3) is 11.8 Å². The predicted octanol–water partition coefficient (Wildman–Crippen LogP) is 2.63. The van der Waals surface area contributed by atoms with Crippen molar-refractivity contribution in [1.29, 1.82) is 0 Å². The van der Waals surface area contributed by atoms with Gasteiger partial charge in [-0.25, -0.2) is 14.8 Å². The highest BCUT2D eigenvalue weighted by molar-refractivity contribution is 7.73. The Morgan fingerprint density at radius 3 is 2.41 bits per heavy atom. The molecule has 134 valence electrons. The smallest absolute Gasteiger partial charge is 0.339 e. The van der Waals surface area contributed by atoms with Gasteiger partial charge in [0.25, 0.3) is 0 Å². The molecule has 0 radical (unpaired) electrons. The van der Waals surface area contributed by atoms with Crippen LogP contribution in [-0.4, -0.2) is 25.9 Å². The van der Waals surface area contributed by atoms with E-state index in [0.717, 1.165) is 22.1 Å². The summed E-state index contributed by atoms with van der Waals surface area (Å²) in [7, 11) is 0. The number of phenols is 1. The first kappa shape index (κ1) is 17.1. The molecule has 0 unspecified atom stereocenters. The molecule has 0 aliphatic carbocycles. The number of nitrogens with zero attached hydrogens (tertiary/aromatic N) is 3. The van der Waals surface area contributed by atoms with Crippen LogP contribution in [0.15, 0.2) is 58.3 Å². The molecule has 3 aromatic rings. The van der Waals surface area contributed by atoms with E-state index in [9.17, 15) is 15.0 Å². The predicted molar refractivity (Wildman–Crippen MR) is 101 cm³/mol. The van der Waals surface area contributed by atoms with Crippen LogP contribution in [0.4, 0.5) is 0 Å². The van der Waals surface area contributed by atoms with E-state index in [1.807, 2.05) is 24.3 Å². The van der Waals surface area contributed by atoms with Crippen molar-refractivity contribution in [3.8, 4) is 17.3 Å². The molecule has 2 aromatic carbocycles. The largest absolute Gasteiger partial charge is 0.507 e. The molecule has 4 rings (SSSR count). The number of aromatic hydroxyl groups is 2. The molecule has 9 heteroatoms. The maximum absolute atomic E-state index is 11.2. The van der Waals surface area contributed by atoms with E-state index in [4.69, 9.17) is 17.3 Å². The average molecular weight is 397 g/mol. The highest BCUT2D eigenvalue weighted by Gasteiger charge is 2.17. The van der Waals surface area contributed by atoms with E-state index in [2.05, 4.69) is 9.98 Å². The topological polar surface area (TPSA) is 107 Å². The standard InChI is InChI=1S/C18H11N3O4S2/c22-13-6-5-9(7-10(13)17(24)25)21-16(23)14(27-18(21)26)8-15-19-11-3-1-2-4-12(11)20-15/h1-8,22-23H,(H,24,25). The number of hydrogen-bond donors (Lipinski definition) is 3. The molecular weight excluding hydrogens is 386 g/mol. The first-order chi connectivity index (χ1) is 12.9. The lowest BCUT2D eigenvalue weighted by Crippen LogP contribution is -2.19. The van der Waals surface area contributed by atoms with Gasteiger partial charge in [-0.05, 0) is 42.5 Å². The summed E-state index contributed by atoms with van der Waals surface area (Å²) in [5, 5.41) is 30.9. The van der Waals surface area contributed by atoms with Gasteiger partial charge in [0, 0.05) is 6.08 Å². The number of fused-ring (bicyclic) bond motifs is 1. The van der Waals surface area contributed by atoms with Crippen molar-refractivity contribution < 1.29 is 20.1 Å². The number of para-hydroxylation sites is 2. The van der Waals surface area contributed by atoms with E-state index in [1.54, 1.807) is 6.08 Å². The Bertz CT molecular complexity index is 1270. The molecule has 0 atom stereocenters. The summed E-state index contributed by atoms with van der Waals surface area (Å²) in [4.78, 5) is 20.4. The van der Waals surface area contributed by atoms with Gasteiger partial charge in [-0.3, -0.25) is 4.57 Å². The summed E-state index contributed by atoms with van der Waals surface area (Å²) in [6.07, 6.45) is 1.62. The van der Waals surface area contributed by atoms with Gasteiger partial charge in [0.2, 0.25) is 5.88 Å². The summed E-state index contributed by atoms with van der Waals surface area (Å²) in [6, 6.07) is 11.4. The van der Waals surface area contributed by atoms with Crippen molar-refractivity contribution in [2.24, 2.45) is 9.98 Å². The molecule has 0 saturated carbocycles. The third-order valence-electron chi connectivity index (χ3n) is 3.89. The fourth-order valence-electron chi connectivity index (χ4n) is 2.65. The number of aromatic nitrogens is 1. The van der Waals surface area contributed by atoms with Crippen molar-refractivity contribution in [3.05, 3.63) is 73.4 Å². The van der Waals surface area contributed by atoms with Crippen molar-refractivity contribution in [2.75, 3.05) is 0 Å². The normalized spacial score (nSPS) is 12.2. The molecular formula is C18H11N3O4S2. The Balaban J connectivity index is 1.81. The molecule has 0 bridgehead atoms. The van der Waals surface area contributed by atoms with Crippen LogP contribution in [0.5, 0.6) is 11.6 Å². The van der Waals surface area contributed by atoms with E-state index in [1.165, 1.54) is 22.8 Å². The number of rotatable bonds is 3.